The summed E-state index contributed by atoms with van der Waals surface area (Å²) < 4.78 is 0. The molecular weight excluding hydrogens is 212 g/mol. The third kappa shape index (κ3) is 3.24. The molecule has 82 valence electrons. The highest BCUT2D eigenvalue weighted by Crippen LogP contribution is 2.24. The van der Waals surface area contributed by atoms with E-state index >= 15 is 0 Å². The van der Waals surface area contributed by atoms with E-state index in [-0.39, 0.29) is 6.42 Å². The Morgan fingerprint density at radius 2 is 2.07 bits per heavy atom. The average molecular weight is 227 g/mol. The highest BCUT2D eigenvalue weighted by molar-refractivity contribution is 6.31. The zero-order valence-electron chi connectivity index (χ0n) is 9.01. The van der Waals surface area contributed by atoms with E-state index in [1.54, 1.807) is 0 Å². The van der Waals surface area contributed by atoms with E-state index in [1.807, 2.05) is 26.0 Å². The lowest BCUT2D eigenvalue weighted by atomic mass is 9.99. The van der Waals surface area contributed by atoms with Crippen molar-refractivity contribution in [3.05, 3.63) is 33.8 Å². The zero-order chi connectivity index (χ0) is 11.4. The maximum atomic E-state index is 10.4. The third-order valence-corrected chi connectivity index (χ3v) is 2.98. The van der Waals surface area contributed by atoms with Crippen LogP contribution in [0, 0.1) is 13.8 Å². The first-order chi connectivity index (χ1) is 7.02. The second-order valence-corrected chi connectivity index (χ2v) is 4.12. The summed E-state index contributed by atoms with van der Waals surface area (Å²) in [6, 6.07) is 3.86. The number of benzene rings is 1. The van der Waals surface area contributed by atoms with Crippen molar-refractivity contribution in [2.75, 3.05) is 0 Å². The van der Waals surface area contributed by atoms with Gasteiger partial charge in [-0.05, 0) is 49.4 Å². The molecule has 0 amide bonds. The average Bonchev–Trinajstić information content (AvgIpc) is 2.17. The minimum atomic E-state index is -0.753. The number of rotatable bonds is 4. The molecule has 0 bridgehead atoms. The van der Waals surface area contributed by atoms with Crippen molar-refractivity contribution in [2.45, 2.75) is 33.1 Å². The molecule has 0 aromatic heterocycles. The summed E-state index contributed by atoms with van der Waals surface area (Å²) in [5.41, 5.74) is 3.45. The van der Waals surface area contributed by atoms with Gasteiger partial charge >= 0.3 is 5.97 Å². The minimum absolute atomic E-state index is 0.198. The first-order valence-electron chi connectivity index (χ1n) is 4.98. The lowest BCUT2D eigenvalue weighted by molar-refractivity contribution is -0.137. The molecule has 0 spiro atoms. The molecule has 1 rings (SSSR count). The number of hydrogen-bond acceptors (Lipinski definition) is 1. The largest absolute Gasteiger partial charge is 0.481 e. The molecule has 3 heteroatoms. The van der Waals surface area contributed by atoms with E-state index in [0.29, 0.717) is 6.42 Å². The van der Waals surface area contributed by atoms with Crippen molar-refractivity contribution in [1.82, 2.24) is 0 Å². The molecule has 0 fully saturated rings. The molecule has 0 unspecified atom stereocenters. The molecule has 0 heterocycles. The van der Waals surface area contributed by atoms with Gasteiger partial charge in [0.2, 0.25) is 0 Å². The molecule has 0 saturated heterocycles. The van der Waals surface area contributed by atoms with Crippen LogP contribution in [0.15, 0.2) is 12.1 Å². The highest BCUT2D eigenvalue weighted by atomic mass is 35.5. The van der Waals surface area contributed by atoms with Gasteiger partial charge in [0.05, 0.1) is 0 Å². The second-order valence-electron chi connectivity index (χ2n) is 3.72. The van der Waals surface area contributed by atoms with Crippen LogP contribution in [0.1, 0.15) is 29.5 Å². The molecule has 15 heavy (non-hydrogen) atoms. The van der Waals surface area contributed by atoms with Crippen LogP contribution < -0.4 is 0 Å². The number of aryl methyl sites for hydroxylation is 1. The minimum Gasteiger partial charge on any atom is -0.481 e. The molecule has 1 aromatic rings. The van der Waals surface area contributed by atoms with Gasteiger partial charge in [-0.1, -0.05) is 17.7 Å². The lowest BCUT2D eigenvalue weighted by Crippen LogP contribution is -1.98. The molecule has 0 saturated carbocycles. The van der Waals surface area contributed by atoms with E-state index in [1.165, 1.54) is 11.1 Å². The van der Waals surface area contributed by atoms with Crippen LogP contribution in [0.2, 0.25) is 5.02 Å². The number of carbonyl (C=O) groups is 1. The van der Waals surface area contributed by atoms with E-state index in [2.05, 4.69) is 0 Å². The number of halogens is 1. The van der Waals surface area contributed by atoms with E-state index in [0.717, 1.165) is 17.0 Å². The Morgan fingerprint density at radius 1 is 1.40 bits per heavy atom. The van der Waals surface area contributed by atoms with Crippen LogP contribution >= 0.6 is 11.6 Å². The standard InChI is InChI=1S/C12H15ClO2/c1-8-6-7-11(13)10(9(8)2)4-3-5-12(14)15/h6-7H,3-5H2,1-2H3,(H,14,15). The van der Waals surface area contributed by atoms with Crippen LogP contribution in [0.4, 0.5) is 0 Å². The third-order valence-electron chi connectivity index (χ3n) is 2.63. The monoisotopic (exact) mass is 226 g/mol. The van der Waals surface area contributed by atoms with Crippen LogP contribution in [-0.2, 0) is 11.2 Å². The zero-order valence-corrected chi connectivity index (χ0v) is 9.77. The molecule has 0 aliphatic carbocycles. The number of carboxylic acid groups (broad SMARTS) is 1. The van der Waals surface area contributed by atoms with Crippen LogP contribution in [-0.4, -0.2) is 11.1 Å². The Labute approximate surface area is 94.9 Å². The maximum Gasteiger partial charge on any atom is 0.303 e. The Hall–Kier alpha value is -1.02. The van der Waals surface area contributed by atoms with Crippen molar-refractivity contribution in [1.29, 1.82) is 0 Å². The fraction of sp³-hybridized carbons (Fsp3) is 0.417. The Bertz CT molecular complexity index is 372. The number of aliphatic carboxylic acids is 1. The first-order valence-corrected chi connectivity index (χ1v) is 5.36. The number of hydrogen-bond donors (Lipinski definition) is 1. The van der Waals surface area contributed by atoms with E-state index in [4.69, 9.17) is 16.7 Å². The smallest absolute Gasteiger partial charge is 0.303 e. The van der Waals surface area contributed by atoms with Gasteiger partial charge in [0.1, 0.15) is 0 Å². The van der Waals surface area contributed by atoms with Gasteiger partial charge in [0.25, 0.3) is 0 Å². The fourth-order valence-corrected chi connectivity index (χ4v) is 1.86. The van der Waals surface area contributed by atoms with E-state index < -0.39 is 5.97 Å². The Morgan fingerprint density at radius 3 is 2.67 bits per heavy atom. The summed E-state index contributed by atoms with van der Waals surface area (Å²) in [5.74, 6) is -0.753. The Balaban J connectivity index is 2.75. The molecular formula is C12H15ClO2. The van der Waals surface area contributed by atoms with Gasteiger partial charge in [-0.25, -0.2) is 0 Å². The number of carboxylic acids is 1. The molecule has 1 aromatic carbocycles. The summed E-state index contributed by atoms with van der Waals surface area (Å²) in [5, 5.41) is 9.29. The predicted molar refractivity (Wildman–Crippen MR) is 61.5 cm³/mol. The summed E-state index contributed by atoms with van der Waals surface area (Å²) in [4.78, 5) is 10.4. The second kappa shape index (κ2) is 5.17. The quantitative estimate of drug-likeness (QED) is 0.855. The molecule has 0 atom stereocenters. The molecule has 1 N–H and O–H groups in total. The van der Waals surface area contributed by atoms with Crippen molar-refractivity contribution in [2.24, 2.45) is 0 Å². The van der Waals surface area contributed by atoms with Gasteiger partial charge in [0, 0.05) is 11.4 Å². The molecule has 0 radical (unpaired) electrons. The predicted octanol–water partition coefficient (Wildman–Crippen LogP) is 3.36. The van der Waals surface area contributed by atoms with Crippen LogP contribution in [0.5, 0.6) is 0 Å². The summed E-state index contributed by atoms with van der Waals surface area (Å²) >= 11 is 6.07. The van der Waals surface area contributed by atoms with Gasteiger partial charge in [-0.2, -0.15) is 0 Å². The van der Waals surface area contributed by atoms with Crippen molar-refractivity contribution >= 4 is 17.6 Å². The Kier molecular flexibility index (Phi) is 4.15. The summed E-state index contributed by atoms with van der Waals surface area (Å²) in [6.07, 6.45) is 1.57. The van der Waals surface area contributed by atoms with E-state index in [9.17, 15) is 4.79 Å². The van der Waals surface area contributed by atoms with Gasteiger partial charge in [-0.3, -0.25) is 4.79 Å². The topological polar surface area (TPSA) is 37.3 Å². The normalized spacial score (nSPS) is 10.3. The van der Waals surface area contributed by atoms with Gasteiger partial charge in [0.15, 0.2) is 0 Å². The first kappa shape index (κ1) is 12.1. The fourth-order valence-electron chi connectivity index (χ4n) is 1.56. The van der Waals surface area contributed by atoms with Crippen LogP contribution in [0.3, 0.4) is 0 Å². The summed E-state index contributed by atoms with van der Waals surface area (Å²) in [6.45, 7) is 4.06. The summed E-state index contributed by atoms with van der Waals surface area (Å²) in [7, 11) is 0. The molecule has 0 aliphatic heterocycles. The molecule has 2 nitrogen and oxygen atoms in total. The maximum absolute atomic E-state index is 10.4. The van der Waals surface area contributed by atoms with Crippen molar-refractivity contribution in [3.63, 3.8) is 0 Å². The van der Waals surface area contributed by atoms with Crippen molar-refractivity contribution in [3.8, 4) is 0 Å². The highest BCUT2D eigenvalue weighted by Gasteiger charge is 2.07. The van der Waals surface area contributed by atoms with Crippen molar-refractivity contribution < 1.29 is 9.90 Å². The van der Waals surface area contributed by atoms with Crippen LogP contribution in [0.25, 0.3) is 0 Å². The lowest BCUT2D eigenvalue weighted by Gasteiger charge is -2.10. The molecule has 0 aliphatic rings. The SMILES string of the molecule is Cc1ccc(Cl)c(CCCC(=O)O)c1C. The van der Waals surface area contributed by atoms with Gasteiger partial charge in [-0.15, -0.1) is 0 Å². The van der Waals surface area contributed by atoms with Gasteiger partial charge < -0.3 is 5.11 Å².